The van der Waals surface area contributed by atoms with Gasteiger partial charge in [0.1, 0.15) is 0 Å². The lowest BCUT2D eigenvalue weighted by atomic mass is 10.0. The molecule has 10 heteroatoms. The van der Waals surface area contributed by atoms with E-state index in [1.165, 1.54) is 0 Å². The van der Waals surface area contributed by atoms with Crippen molar-refractivity contribution in [3.8, 4) is 0 Å². The number of hydrogen-bond acceptors (Lipinski definition) is 6. The van der Waals surface area contributed by atoms with Gasteiger partial charge in [-0.25, -0.2) is 9.67 Å². The molecule has 4 heterocycles. The number of halogens is 1. The summed E-state index contributed by atoms with van der Waals surface area (Å²) in [7, 11) is 0. The number of carbonyl (C=O) groups excluding carboxylic acids is 2. The quantitative estimate of drug-likeness (QED) is 0.592. The van der Waals surface area contributed by atoms with Crippen LogP contribution in [0, 0.1) is 0 Å². The first-order chi connectivity index (χ1) is 15.5. The van der Waals surface area contributed by atoms with E-state index in [0.29, 0.717) is 35.9 Å². The Morgan fingerprint density at radius 1 is 1.16 bits per heavy atom. The number of pyridine rings is 2. The zero-order valence-corrected chi connectivity index (χ0v) is 18.9. The number of rotatable bonds is 6. The molecule has 9 nitrogen and oxygen atoms in total. The maximum atomic E-state index is 13.1. The minimum atomic E-state index is -0.246. The molecule has 0 atom stereocenters. The van der Waals surface area contributed by atoms with E-state index in [-0.39, 0.29) is 24.4 Å². The van der Waals surface area contributed by atoms with Crippen molar-refractivity contribution in [1.82, 2.24) is 30.0 Å². The molecule has 0 unspecified atom stereocenters. The third kappa shape index (κ3) is 4.67. The van der Waals surface area contributed by atoms with Crippen molar-refractivity contribution in [3.63, 3.8) is 0 Å². The molecule has 3 aromatic rings. The number of amides is 2. The summed E-state index contributed by atoms with van der Waals surface area (Å²) in [5.41, 5.74) is 2.61. The summed E-state index contributed by atoms with van der Waals surface area (Å²) in [6.45, 7) is 5.94. The van der Waals surface area contributed by atoms with Crippen molar-refractivity contribution in [2.45, 2.75) is 45.8 Å². The number of nitrogens with one attached hydrogen (secondary N) is 2. The minimum Gasteiger partial charge on any atom is -0.381 e. The molecular formula is C22H26ClN7O2. The molecule has 0 spiro atoms. The van der Waals surface area contributed by atoms with Crippen molar-refractivity contribution in [1.29, 1.82) is 0 Å². The summed E-state index contributed by atoms with van der Waals surface area (Å²) >= 11 is 5.88. The van der Waals surface area contributed by atoms with Crippen LogP contribution in [0.1, 0.15) is 42.7 Å². The molecule has 1 aliphatic rings. The van der Waals surface area contributed by atoms with Crippen LogP contribution in [0.2, 0.25) is 5.02 Å². The normalized spacial score (nSPS) is 14.5. The van der Waals surface area contributed by atoms with E-state index in [1.54, 1.807) is 42.3 Å². The number of carbonyl (C=O) groups is 2. The van der Waals surface area contributed by atoms with Gasteiger partial charge in [0, 0.05) is 45.0 Å². The Hall–Kier alpha value is -3.20. The van der Waals surface area contributed by atoms with E-state index in [4.69, 9.17) is 11.6 Å². The molecule has 168 valence electrons. The molecular weight excluding hydrogens is 430 g/mol. The summed E-state index contributed by atoms with van der Waals surface area (Å²) in [5.74, 6) is -0.154. The van der Waals surface area contributed by atoms with E-state index in [0.717, 1.165) is 29.6 Å². The maximum absolute atomic E-state index is 13.1. The van der Waals surface area contributed by atoms with Crippen LogP contribution in [-0.2, 0) is 17.9 Å². The zero-order chi connectivity index (χ0) is 22.7. The number of nitrogens with zero attached hydrogens (tertiary/aromatic N) is 5. The highest BCUT2D eigenvalue weighted by Crippen LogP contribution is 2.28. The van der Waals surface area contributed by atoms with Gasteiger partial charge in [-0.05, 0) is 31.9 Å². The van der Waals surface area contributed by atoms with Crippen LogP contribution < -0.4 is 10.6 Å². The highest BCUT2D eigenvalue weighted by Gasteiger charge is 2.24. The highest BCUT2D eigenvalue weighted by molar-refractivity contribution is 6.30. The lowest BCUT2D eigenvalue weighted by Crippen LogP contribution is -2.41. The van der Waals surface area contributed by atoms with Crippen LogP contribution >= 0.6 is 11.6 Å². The zero-order valence-electron chi connectivity index (χ0n) is 18.1. The summed E-state index contributed by atoms with van der Waals surface area (Å²) < 4.78 is 1.80. The van der Waals surface area contributed by atoms with E-state index < -0.39 is 0 Å². The number of likely N-dealkylation sites (tertiary alicyclic amines) is 1. The number of hydrogen-bond donors (Lipinski definition) is 2. The Morgan fingerprint density at radius 3 is 2.59 bits per heavy atom. The Balaban J connectivity index is 1.58. The molecule has 32 heavy (non-hydrogen) atoms. The van der Waals surface area contributed by atoms with Crippen molar-refractivity contribution < 1.29 is 9.59 Å². The molecule has 1 fully saturated rings. The van der Waals surface area contributed by atoms with Gasteiger partial charge < -0.3 is 15.5 Å². The van der Waals surface area contributed by atoms with Gasteiger partial charge in [0.05, 0.1) is 40.1 Å². The monoisotopic (exact) mass is 455 g/mol. The van der Waals surface area contributed by atoms with Crippen LogP contribution in [0.4, 0.5) is 5.69 Å². The fourth-order valence-electron chi connectivity index (χ4n) is 3.91. The smallest absolute Gasteiger partial charge is 0.255 e. The Bertz CT molecular complexity index is 1120. The average molecular weight is 456 g/mol. The number of piperidine rings is 1. The fourth-order valence-corrected chi connectivity index (χ4v) is 4.02. The second kappa shape index (κ2) is 9.52. The van der Waals surface area contributed by atoms with Crippen molar-refractivity contribution in [2.24, 2.45) is 0 Å². The van der Waals surface area contributed by atoms with Gasteiger partial charge in [-0.15, -0.1) is 0 Å². The predicted molar refractivity (Wildman–Crippen MR) is 123 cm³/mol. The molecule has 0 radical (unpaired) electrons. The number of fused-ring (bicyclic) bond motifs is 1. The van der Waals surface area contributed by atoms with Gasteiger partial charge in [-0.2, -0.15) is 5.10 Å². The molecule has 1 aliphatic heterocycles. The molecule has 2 N–H and O–H groups in total. The maximum Gasteiger partial charge on any atom is 0.255 e. The van der Waals surface area contributed by atoms with Gasteiger partial charge in [-0.3, -0.25) is 14.6 Å². The molecule has 1 saturated heterocycles. The predicted octanol–water partition coefficient (Wildman–Crippen LogP) is 2.85. The molecule has 2 amide bonds. The van der Waals surface area contributed by atoms with Crippen LogP contribution in [-0.4, -0.2) is 55.6 Å². The first kappa shape index (κ1) is 22.0. The topological polar surface area (TPSA) is 105 Å². The summed E-state index contributed by atoms with van der Waals surface area (Å²) in [6.07, 6.45) is 6.50. The molecule has 0 aliphatic carbocycles. The second-order valence-electron chi connectivity index (χ2n) is 7.82. The van der Waals surface area contributed by atoms with Crippen LogP contribution in [0.25, 0.3) is 11.0 Å². The van der Waals surface area contributed by atoms with E-state index >= 15 is 0 Å². The highest BCUT2D eigenvalue weighted by atomic mass is 35.5. The minimum absolute atomic E-state index is 0.0925. The summed E-state index contributed by atoms with van der Waals surface area (Å²) in [6, 6.07) is 3.66. The first-order valence-electron chi connectivity index (χ1n) is 10.7. The first-order valence-corrected chi connectivity index (χ1v) is 11.1. The second-order valence-corrected chi connectivity index (χ2v) is 8.26. The Morgan fingerprint density at radius 2 is 1.94 bits per heavy atom. The SMILES string of the molecule is CCn1ncc2c(NC3CCN(C(C)=O)CC3)c(C(=O)NCc3ccc(Cl)cn3)cnc21. The van der Waals surface area contributed by atoms with E-state index in [9.17, 15) is 9.59 Å². The third-order valence-electron chi connectivity index (χ3n) is 5.72. The third-order valence-corrected chi connectivity index (χ3v) is 5.94. The number of aromatic nitrogens is 4. The van der Waals surface area contributed by atoms with Crippen molar-refractivity contribution in [3.05, 3.63) is 47.0 Å². The lowest BCUT2D eigenvalue weighted by Gasteiger charge is -2.32. The standard InChI is InChI=1S/C22H26ClN7O2/c1-3-30-21-18(13-27-30)20(28-16-6-8-29(9-7-16)14(2)31)19(12-25-21)22(32)26-11-17-5-4-15(23)10-24-17/h4-5,10,12-13,16H,3,6-9,11H2,1-2H3,(H,25,28)(H,26,32). The van der Waals surface area contributed by atoms with Crippen LogP contribution in [0.15, 0.2) is 30.7 Å². The van der Waals surface area contributed by atoms with Crippen molar-refractivity contribution in [2.75, 3.05) is 18.4 Å². The van der Waals surface area contributed by atoms with Gasteiger partial charge in [0.15, 0.2) is 5.65 Å². The van der Waals surface area contributed by atoms with Gasteiger partial charge in [-0.1, -0.05) is 11.6 Å². The average Bonchev–Trinajstić information content (AvgIpc) is 3.23. The Labute approximate surface area is 191 Å². The lowest BCUT2D eigenvalue weighted by molar-refractivity contribution is -0.129. The number of anilines is 1. The van der Waals surface area contributed by atoms with E-state index in [1.807, 2.05) is 11.8 Å². The van der Waals surface area contributed by atoms with Crippen LogP contribution in [0.3, 0.4) is 0 Å². The van der Waals surface area contributed by atoms with Gasteiger partial charge in [0.25, 0.3) is 5.91 Å². The fraction of sp³-hybridized carbons (Fsp3) is 0.409. The molecule has 0 saturated carbocycles. The largest absolute Gasteiger partial charge is 0.381 e. The molecule has 0 aromatic carbocycles. The van der Waals surface area contributed by atoms with Crippen LogP contribution in [0.5, 0.6) is 0 Å². The summed E-state index contributed by atoms with van der Waals surface area (Å²) in [5, 5.41) is 12.2. The molecule has 4 rings (SSSR count). The number of aryl methyl sites for hydroxylation is 1. The van der Waals surface area contributed by atoms with E-state index in [2.05, 4.69) is 25.7 Å². The molecule has 3 aromatic heterocycles. The Kier molecular flexibility index (Phi) is 6.55. The summed E-state index contributed by atoms with van der Waals surface area (Å²) in [4.78, 5) is 35.3. The molecule has 0 bridgehead atoms. The van der Waals surface area contributed by atoms with Crippen molar-refractivity contribution >= 4 is 40.1 Å². The van der Waals surface area contributed by atoms with Gasteiger partial charge in [0.2, 0.25) is 5.91 Å². The van der Waals surface area contributed by atoms with Gasteiger partial charge >= 0.3 is 0 Å².